The Hall–Kier alpha value is -2.55. The van der Waals surface area contributed by atoms with E-state index in [2.05, 4.69) is 48.1 Å². The fraction of sp³-hybridized carbons (Fsp3) is 0.448. The molecule has 0 saturated heterocycles. The highest BCUT2D eigenvalue weighted by Crippen LogP contribution is 2.23. The van der Waals surface area contributed by atoms with Gasteiger partial charge in [0.15, 0.2) is 5.82 Å². The summed E-state index contributed by atoms with van der Waals surface area (Å²) in [7, 11) is 0. The van der Waals surface area contributed by atoms with Crippen LogP contribution in [0.25, 0.3) is 22.5 Å². The molecule has 0 unspecified atom stereocenters. The van der Waals surface area contributed by atoms with Crippen molar-refractivity contribution in [2.24, 2.45) is 0 Å². The van der Waals surface area contributed by atoms with Crippen LogP contribution in [0.5, 0.6) is 0 Å². The number of nitrogens with zero attached hydrogens (tertiary/aromatic N) is 2. The van der Waals surface area contributed by atoms with E-state index in [0.29, 0.717) is 5.82 Å². The van der Waals surface area contributed by atoms with E-state index in [1.807, 2.05) is 24.5 Å². The molecule has 0 atom stereocenters. The van der Waals surface area contributed by atoms with Crippen molar-refractivity contribution in [2.75, 3.05) is 0 Å². The summed E-state index contributed by atoms with van der Waals surface area (Å²) in [6, 6.07) is 14.1. The zero-order valence-corrected chi connectivity index (χ0v) is 19.7. The molecule has 0 amide bonds. The Balaban J connectivity index is 1.56. The van der Waals surface area contributed by atoms with Gasteiger partial charge in [-0.15, -0.1) is 0 Å². The Morgan fingerprint density at radius 2 is 1.22 bits per heavy atom. The van der Waals surface area contributed by atoms with E-state index < -0.39 is 0 Å². The maximum atomic E-state index is 14.5. The first kappa shape index (κ1) is 24.1. The lowest BCUT2D eigenvalue weighted by atomic mass is 10.0. The Morgan fingerprint density at radius 3 is 1.91 bits per heavy atom. The average molecular weight is 433 g/mol. The minimum absolute atomic E-state index is 0.160. The van der Waals surface area contributed by atoms with E-state index in [9.17, 15) is 4.39 Å². The van der Waals surface area contributed by atoms with Crippen LogP contribution in [-0.2, 0) is 12.8 Å². The molecule has 3 heteroatoms. The van der Waals surface area contributed by atoms with Gasteiger partial charge < -0.3 is 0 Å². The van der Waals surface area contributed by atoms with Crippen LogP contribution < -0.4 is 0 Å². The van der Waals surface area contributed by atoms with E-state index in [-0.39, 0.29) is 5.82 Å². The van der Waals surface area contributed by atoms with Crippen molar-refractivity contribution >= 4 is 0 Å². The molecule has 0 radical (unpaired) electrons. The van der Waals surface area contributed by atoms with Gasteiger partial charge >= 0.3 is 0 Å². The number of hydrogen-bond acceptors (Lipinski definition) is 2. The van der Waals surface area contributed by atoms with Gasteiger partial charge in [0.1, 0.15) is 5.82 Å². The number of benzene rings is 2. The summed E-state index contributed by atoms with van der Waals surface area (Å²) in [6.07, 6.45) is 16.8. The molecule has 0 N–H and O–H groups in total. The third-order valence-electron chi connectivity index (χ3n) is 6.12. The van der Waals surface area contributed by atoms with Crippen LogP contribution in [-0.4, -0.2) is 9.97 Å². The van der Waals surface area contributed by atoms with Gasteiger partial charge in [0, 0.05) is 23.5 Å². The van der Waals surface area contributed by atoms with Crippen molar-refractivity contribution in [3.05, 3.63) is 71.8 Å². The summed E-state index contributed by atoms with van der Waals surface area (Å²) in [5.41, 5.74) is 4.98. The van der Waals surface area contributed by atoms with Gasteiger partial charge in [0.05, 0.1) is 0 Å². The zero-order valence-electron chi connectivity index (χ0n) is 19.7. The lowest BCUT2D eigenvalue weighted by molar-refractivity contribution is 0.599. The van der Waals surface area contributed by atoms with E-state index in [4.69, 9.17) is 0 Å². The van der Waals surface area contributed by atoms with Gasteiger partial charge in [-0.1, -0.05) is 95.2 Å². The Morgan fingerprint density at radius 1 is 0.625 bits per heavy atom. The fourth-order valence-electron chi connectivity index (χ4n) is 4.05. The number of rotatable bonds is 13. The zero-order chi connectivity index (χ0) is 22.6. The minimum Gasteiger partial charge on any atom is -0.236 e. The average Bonchev–Trinajstić information content (AvgIpc) is 2.83. The van der Waals surface area contributed by atoms with Crippen molar-refractivity contribution in [3.63, 3.8) is 0 Å². The van der Waals surface area contributed by atoms with Crippen molar-refractivity contribution in [2.45, 2.75) is 84.5 Å². The highest BCUT2D eigenvalue weighted by atomic mass is 19.1. The molecule has 0 saturated carbocycles. The molecule has 2 aromatic carbocycles. The normalized spacial score (nSPS) is 11.1. The topological polar surface area (TPSA) is 25.8 Å². The standard InChI is InChI=1S/C29H37FN2/c1-3-5-7-8-9-11-12-23-14-16-24(17-15-23)27-21-31-29(32-22-27)26-19-18-25(28(30)20-26)13-10-6-4-2/h14-22H,3-13H2,1-2H3. The van der Waals surface area contributed by atoms with E-state index in [0.717, 1.165) is 54.4 Å². The van der Waals surface area contributed by atoms with E-state index in [1.54, 1.807) is 6.07 Å². The predicted octanol–water partition coefficient (Wildman–Crippen LogP) is 8.59. The Bertz CT molecular complexity index is 932. The minimum atomic E-state index is -0.160. The highest BCUT2D eigenvalue weighted by molar-refractivity contribution is 5.64. The fourth-order valence-corrected chi connectivity index (χ4v) is 4.05. The molecule has 32 heavy (non-hydrogen) atoms. The number of unbranched alkanes of at least 4 members (excludes halogenated alkanes) is 7. The number of aromatic nitrogens is 2. The second-order valence-corrected chi connectivity index (χ2v) is 8.77. The monoisotopic (exact) mass is 432 g/mol. The van der Waals surface area contributed by atoms with Gasteiger partial charge in [0.2, 0.25) is 0 Å². The molecule has 1 heterocycles. The summed E-state index contributed by atoms with van der Waals surface area (Å²) in [6.45, 7) is 4.41. The summed E-state index contributed by atoms with van der Waals surface area (Å²) >= 11 is 0. The lowest BCUT2D eigenvalue weighted by Crippen LogP contribution is -1.95. The lowest BCUT2D eigenvalue weighted by Gasteiger charge is -2.07. The van der Waals surface area contributed by atoms with Crippen LogP contribution in [0.1, 0.15) is 82.8 Å². The van der Waals surface area contributed by atoms with Crippen LogP contribution in [0, 0.1) is 5.82 Å². The number of hydrogen-bond donors (Lipinski definition) is 0. The van der Waals surface area contributed by atoms with Crippen LogP contribution >= 0.6 is 0 Å². The van der Waals surface area contributed by atoms with Crippen LogP contribution in [0.3, 0.4) is 0 Å². The maximum absolute atomic E-state index is 14.5. The molecule has 3 rings (SSSR count). The molecule has 0 aliphatic rings. The Labute approximate surface area is 193 Å². The van der Waals surface area contributed by atoms with Crippen molar-refractivity contribution in [1.82, 2.24) is 9.97 Å². The molecule has 1 aromatic heterocycles. The van der Waals surface area contributed by atoms with Gasteiger partial charge in [-0.3, -0.25) is 0 Å². The number of halogens is 1. The molecule has 2 nitrogen and oxygen atoms in total. The molecule has 170 valence electrons. The summed E-state index contributed by atoms with van der Waals surface area (Å²) in [4.78, 5) is 9.00. The molecular formula is C29H37FN2. The van der Waals surface area contributed by atoms with Gasteiger partial charge in [-0.25, -0.2) is 14.4 Å². The van der Waals surface area contributed by atoms with Gasteiger partial charge in [-0.05, 0) is 48.4 Å². The third-order valence-corrected chi connectivity index (χ3v) is 6.12. The van der Waals surface area contributed by atoms with Crippen molar-refractivity contribution in [1.29, 1.82) is 0 Å². The second kappa shape index (κ2) is 13.1. The molecular weight excluding hydrogens is 395 g/mol. The summed E-state index contributed by atoms with van der Waals surface area (Å²) < 4.78 is 14.5. The predicted molar refractivity (Wildman–Crippen MR) is 133 cm³/mol. The largest absolute Gasteiger partial charge is 0.236 e. The first-order valence-electron chi connectivity index (χ1n) is 12.4. The highest BCUT2D eigenvalue weighted by Gasteiger charge is 2.08. The molecule has 3 aromatic rings. The molecule has 0 aliphatic carbocycles. The van der Waals surface area contributed by atoms with Gasteiger partial charge in [0.25, 0.3) is 0 Å². The van der Waals surface area contributed by atoms with Crippen LogP contribution in [0.4, 0.5) is 4.39 Å². The maximum Gasteiger partial charge on any atom is 0.159 e. The summed E-state index contributed by atoms with van der Waals surface area (Å²) in [5.74, 6) is 0.402. The van der Waals surface area contributed by atoms with Crippen molar-refractivity contribution < 1.29 is 4.39 Å². The van der Waals surface area contributed by atoms with Crippen LogP contribution in [0.15, 0.2) is 54.9 Å². The Kier molecular flexibility index (Phi) is 9.87. The van der Waals surface area contributed by atoms with Gasteiger partial charge in [-0.2, -0.15) is 0 Å². The molecule has 0 bridgehead atoms. The molecule has 0 spiro atoms. The van der Waals surface area contributed by atoms with E-state index in [1.165, 1.54) is 44.1 Å². The quantitative estimate of drug-likeness (QED) is 0.253. The van der Waals surface area contributed by atoms with Crippen molar-refractivity contribution in [3.8, 4) is 22.5 Å². The smallest absolute Gasteiger partial charge is 0.159 e. The molecule has 0 fully saturated rings. The number of aryl methyl sites for hydroxylation is 2. The van der Waals surface area contributed by atoms with E-state index >= 15 is 0 Å². The third kappa shape index (κ3) is 7.25. The second-order valence-electron chi connectivity index (χ2n) is 8.77. The summed E-state index contributed by atoms with van der Waals surface area (Å²) in [5, 5.41) is 0. The first-order valence-corrected chi connectivity index (χ1v) is 12.4. The first-order chi connectivity index (χ1) is 15.7. The van der Waals surface area contributed by atoms with Crippen LogP contribution in [0.2, 0.25) is 0 Å². The molecule has 0 aliphatic heterocycles. The SMILES string of the molecule is CCCCCCCCc1ccc(-c2cnc(-c3ccc(CCCCC)c(F)c3)nc2)cc1.